The van der Waals surface area contributed by atoms with E-state index >= 15 is 0 Å². The normalized spacial score (nSPS) is 10.9. The molecule has 1 aromatic heterocycles. The van der Waals surface area contributed by atoms with E-state index in [9.17, 15) is 20.3 Å². The van der Waals surface area contributed by atoms with Gasteiger partial charge >= 0.3 is 0 Å². The zero-order chi connectivity index (χ0) is 15.1. The Morgan fingerprint density at radius 1 is 1.19 bits per heavy atom. The first kappa shape index (κ1) is 13.4. The van der Waals surface area contributed by atoms with Gasteiger partial charge in [-0.1, -0.05) is 0 Å². The van der Waals surface area contributed by atoms with E-state index in [-0.39, 0.29) is 17.2 Å². The number of fused-ring (bicyclic) bond motifs is 1. The summed E-state index contributed by atoms with van der Waals surface area (Å²) in [4.78, 5) is 14.5. The van der Waals surface area contributed by atoms with Crippen molar-refractivity contribution in [3.05, 3.63) is 40.4 Å². The summed E-state index contributed by atoms with van der Waals surface area (Å²) in [6.45, 7) is 0. The Balaban J connectivity index is 2.13. The minimum atomic E-state index is -0.463. The van der Waals surface area contributed by atoms with Gasteiger partial charge in [0.15, 0.2) is 11.5 Å². The van der Waals surface area contributed by atoms with Gasteiger partial charge in [-0.15, -0.1) is 11.3 Å². The highest BCUT2D eigenvalue weighted by molar-refractivity contribution is 7.21. The average molecular weight is 300 g/mol. The molecule has 6 nitrogen and oxygen atoms in total. The van der Waals surface area contributed by atoms with Crippen LogP contribution < -0.4 is 5.46 Å². The van der Waals surface area contributed by atoms with Crippen LogP contribution in [0, 0.1) is 10.1 Å². The molecule has 0 atom stereocenters. The molecule has 3 rings (SSSR count). The molecule has 21 heavy (non-hydrogen) atoms. The van der Waals surface area contributed by atoms with Crippen LogP contribution in [0.5, 0.6) is 11.5 Å². The SMILES string of the molecule is Bc1cc2sc(-c3ccc([N+](=O)[O-])cc3)nc2c(O)c1O. The number of aromatic hydroxyl groups is 2. The van der Waals surface area contributed by atoms with Gasteiger partial charge in [-0.25, -0.2) is 4.98 Å². The monoisotopic (exact) mass is 300 g/mol. The Kier molecular flexibility index (Phi) is 3.02. The summed E-state index contributed by atoms with van der Waals surface area (Å²) in [5, 5.41) is 30.9. The van der Waals surface area contributed by atoms with Gasteiger partial charge in [0.25, 0.3) is 5.69 Å². The van der Waals surface area contributed by atoms with Crippen molar-refractivity contribution in [3.8, 4) is 22.1 Å². The Morgan fingerprint density at radius 3 is 2.48 bits per heavy atom. The summed E-state index contributed by atoms with van der Waals surface area (Å²) in [6.07, 6.45) is 0. The molecular formula is C13H9BN2O4S. The minimum Gasteiger partial charge on any atom is -0.505 e. The lowest BCUT2D eigenvalue weighted by Crippen LogP contribution is -2.01. The minimum absolute atomic E-state index is 0.0104. The quantitative estimate of drug-likeness (QED) is 0.324. The highest BCUT2D eigenvalue weighted by Crippen LogP contribution is 2.37. The first-order valence-corrected chi connectivity index (χ1v) is 6.86. The molecule has 8 heteroatoms. The largest absolute Gasteiger partial charge is 0.505 e. The van der Waals surface area contributed by atoms with E-state index in [1.165, 1.54) is 23.5 Å². The fourth-order valence-corrected chi connectivity index (χ4v) is 3.09. The highest BCUT2D eigenvalue weighted by Gasteiger charge is 2.15. The zero-order valence-electron chi connectivity index (χ0n) is 10.9. The van der Waals surface area contributed by atoms with Gasteiger partial charge in [-0.2, -0.15) is 0 Å². The van der Waals surface area contributed by atoms with E-state index in [0.29, 0.717) is 16.0 Å². The molecule has 0 spiro atoms. The van der Waals surface area contributed by atoms with Crippen molar-refractivity contribution in [1.82, 2.24) is 4.98 Å². The molecule has 0 aliphatic rings. The molecule has 0 amide bonds. The van der Waals surface area contributed by atoms with Gasteiger partial charge in [-0.3, -0.25) is 10.1 Å². The van der Waals surface area contributed by atoms with Crippen LogP contribution in [0.2, 0.25) is 0 Å². The van der Waals surface area contributed by atoms with Gasteiger partial charge in [0.1, 0.15) is 18.4 Å². The van der Waals surface area contributed by atoms with Crippen LogP contribution in [0.25, 0.3) is 20.8 Å². The zero-order valence-corrected chi connectivity index (χ0v) is 11.7. The third kappa shape index (κ3) is 2.19. The highest BCUT2D eigenvalue weighted by atomic mass is 32.1. The Hall–Kier alpha value is -2.61. The summed E-state index contributed by atoms with van der Waals surface area (Å²) < 4.78 is 0.746. The maximum atomic E-state index is 10.6. The number of aromatic nitrogens is 1. The van der Waals surface area contributed by atoms with Crippen LogP contribution >= 0.6 is 11.3 Å². The fraction of sp³-hybridized carbons (Fsp3) is 0. The second-order valence-corrected chi connectivity index (χ2v) is 5.59. The second-order valence-electron chi connectivity index (χ2n) is 4.56. The number of hydrogen-bond donors (Lipinski definition) is 2. The van der Waals surface area contributed by atoms with E-state index in [2.05, 4.69) is 4.98 Å². The molecule has 2 N–H and O–H groups in total. The Labute approximate surface area is 123 Å². The molecule has 0 unspecified atom stereocenters. The topological polar surface area (TPSA) is 96.5 Å². The molecule has 1 heterocycles. The van der Waals surface area contributed by atoms with Gasteiger partial charge in [0.2, 0.25) is 0 Å². The second kappa shape index (κ2) is 4.74. The van der Waals surface area contributed by atoms with Crippen LogP contribution in [0.4, 0.5) is 5.69 Å². The van der Waals surface area contributed by atoms with E-state index in [4.69, 9.17) is 0 Å². The van der Waals surface area contributed by atoms with Crippen molar-refractivity contribution < 1.29 is 15.1 Å². The van der Waals surface area contributed by atoms with Crippen molar-refractivity contribution in [1.29, 1.82) is 0 Å². The molecule has 2 aromatic carbocycles. The van der Waals surface area contributed by atoms with Crippen molar-refractivity contribution in [2.24, 2.45) is 0 Å². The first-order valence-electron chi connectivity index (χ1n) is 6.04. The van der Waals surface area contributed by atoms with E-state index in [0.717, 1.165) is 10.3 Å². The van der Waals surface area contributed by atoms with E-state index in [1.807, 2.05) is 0 Å². The maximum absolute atomic E-state index is 10.6. The Bertz CT molecular complexity index is 861. The number of nitro groups is 1. The number of thiazole rings is 1. The van der Waals surface area contributed by atoms with Crippen molar-refractivity contribution >= 4 is 40.5 Å². The number of phenols is 2. The third-order valence-electron chi connectivity index (χ3n) is 3.15. The molecule has 0 saturated heterocycles. The van der Waals surface area contributed by atoms with Gasteiger partial charge in [-0.05, 0) is 23.7 Å². The number of phenolic OH excluding ortho intramolecular Hbond substituents is 2. The molecule has 0 aliphatic carbocycles. The first-order chi connectivity index (χ1) is 9.97. The Morgan fingerprint density at radius 2 is 1.86 bits per heavy atom. The molecule has 0 saturated carbocycles. The lowest BCUT2D eigenvalue weighted by molar-refractivity contribution is -0.384. The molecular weight excluding hydrogens is 291 g/mol. The lowest BCUT2D eigenvalue weighted by atomic mass is 9.94. The summed E-state index contributed by atoms with van der Waals surface area (Å²) in [6, 6.07) is 7.78. The molecule has 0 fully saturated rings. The summed E-state index contributed by atoms with van der Waals surface area (Å²) >= 11 is 1.35. The van der Waals surface area contributed by atoms with Crippen LogP contribution in [0.1, 0.15) is 0 Å². The average Bonchev–Trinajstić information content (AvgIpc) is 2.89. The predicted octanol–water partition coefficient (Wildman–Crippen LogP) is 1.54. The van der Waals surface area contributed by atoms with Gasteiger partial charge in [0.05, 0.1) is 9.62 Å². The molecule has 3 aromatic rings. The standard InChI is InChI=1S/C13H9BN2O4S/c14-8-5-9-10(12(18)11(8)17)15-13(21-9)6-1-3-7(4-2-6)16(19)20/h1-5,17-18H,14H2. The number of rotatable bonds is 2. The van der Waals surface area contributed by atoms with Crippen LogP contribution in [-0.2, 0) is 0 Å². The van der Waals surface area contributed by atoms with Crippen molar-refractivity contribution in [3.63, 3.8) is 0 Å². The van der Waals surface area contributed by atoms with E-state index in [1.54, 1.807) is 26.0 Å². The summed E-state index contributed by atoms with van der Waals surface area (Å²) in [7, 11) is 1.69. The van der Waals surface area contributed by atoms with Crippen LogP contribution in [0.15, 0.2) is 30.3 Å². The van der Waals surface area contributed by atoms with Gasteiger partial charge in [0, 0.05) is 17.7 Å². The number of non-ortho nitro benzene ring substituents is 1. The number of nitro benzene ring substituents is 1. The van der Waals surface area contributed by atoms with Crippen LogP contribution in [0.3, 0.4) is 0 Å². The smallest absolute Gasteiger partial charge is 0.269 e. The lowest BCUT2D eigenvalue weighted by Gasteiger charge is -2.01. The third-order valence-corrected chi connectivity index (χ3v) is 4.20. The van der Waals surface area contributed by atoms with Crippen molar-refractivity contribution in [2.45, 2.75) is 0 Å². The predicted molar refractivity (Wildman–Crippen MR) is 83.2 cm³/mol. The molecule has 0 bridgehead atoms. The summed E-state index contributed by atoms with van der Waals surface area (Å²) in [5.74, 6) is -0.419. The van der Waals surface area contributed by atoms with Gasteiger partial charge < -0.3 is 10.2 Å². The van der Waals surface area contributed by atoms with Crippen molar-refractivity contribution in [2.75, 3.05) is 0 Å². The van der Waals surface area contributed by atoms with E-state index < -0.39 is 4.92 Å². The van der Waals surface area contributed by atoms with Crippen LogP contribution in [-0.4, -0.2) is 28.0 Å². The summed E-state index contributed by atoms with van der Waals surface area (Å²) in [5.41, 5.74) is 1.63. The maximum Gasteiger partial charge on any atom is 0.269 e. The molecule has 0 aliphatic heterocycles. The molecule has 104 valence electrons. The number of hydrogen-bond acceptors (Lipinski definition) is 6. The number of benzene rings is 2. The fourth-order valence-electron chi connectivity index (χ4n) is 2.01. The number of nitrogens with zero attached hydrogens (tertiary/aromatic N) is 2. The molecule has 0 radical (unpaired) electrons.